The van der Waals surface area contributed by atoms with Crippen LogP contribution in [0, 0.1) is 11.3 Å². The van der Waals surface area contributed by atoms with Crippen LogP contribution < -0.4 is 4.74 Å². The molecule has 0 amide bonds. The topological polar surface area (TPSA) is 50.1 Å². The Hall–Kier alpha value is -2.45. The average Bonchev–Trinajstić information content (AvgIpc) is 2.46. The predicted molar refractivity (Wildman–Crippen MR) is 57.7 cm³/mol. The highest BCUT2D eigenvalue weighted by Crippen LogP contribution is 2.53. The van der Waals surface area contributed by atoms with E-state index in [0.29, 0.717) is 12.1 Å². The minimum Gasteiger partial charge on any atom is -0.422 e. The number of rotatable bonds is 4. The van der Waals surface area contributed by atoms with Crippen LogP contribution in [0.25, 0.3) is 0 Å². The van der Waals surface area contributed by atoms with E-state index in [1.165, 1.54) is 0 Å². The minimum absolute atomic E-state index is 0.0597. The van der Waals surface area contributed by atoms with Gasteiger partial charge in [-0.3, -0.25) is 0 Å². The molecule has 0 N–H and O–H groups in total. The zero-order valence-electron chi connectivity index (χ0n) is 11.0. The lowest BCUT2D eigenvalue weighted by atomic mass is 10.0. The summed E-state index contributed by atoms with van der Waals surface area (Å²) in [5.41, 5.74) is -0.0597. The standard InChI is InChI=1S/C12H4F9NO2/c13-9(14,10(15,16)11(17,18)12(19,20)21)8(23)24-7-3-1-6(5-22)2-4-7/h1-4H. The third-order valence-electron chi connectivity index (χ3n) is 2.60. The van der Waals surface area contributed by atoms with Gasteiger partial charge in [0, 0.05) is 0 Å². The number of benzene rings is 1. The molecule has 0 radical (unpaired) electrons. The van der Waals surface area contributed by atoms with E-state index in [-0.39, 0.29) is 5.56 Å². The van der Waals surface area contributed by atoms with Crippen molar-refractivity contribution in [3.05, 3.63) is 29.8 Å². The molecule has 0 saturated carbocycles. The number of hydrogen-bond acceptors (Lipinski definition) is 3. The highest BCUT2D eigenvalue weighted by atomic mass is 19.4. The van der Waals surface area contributed by atoms with Crippen molar-refractivity contribution < 1.29 is 49.0 Å². The molecule has 1 aromatic carbocycles. The molecule has 1 aromatic rings. The van der Waals surface area contributed by atoms with Gasteiger partial charge in [-0.2, -0.15) is 44.8 Å². The fraction of sp³-hybridized carbons (Fsp3) is 0.333. The Morgan fingerprint density at radius 3 is 1.71 bits per heavy atom. The van der Waals surface area contributed by atoms with E-state index in [1.807, 2.05) is 0 Å². The monoisotopic (exact) mass is 365 g/mol. The van der Waals surface area contributed by atoms with Crippen LogP contribution in [0.3, 0.4) is 0 Å². The number of esters is 1. The van der Waals surface area contributed by atoms with E-state index < -0.39 is 35.7 Å². The van der Waals surface area contributed by atoms with Crippen molar-refractivity contribution in [1.29, 1.82) is 5.26 Å². The number of nitrogens with zero attached hydrogens (tertiary/aromatic N) is 1. The second-order valence-corrected chi connectivity index (χ2v) is 4.25. The number of hydrogen-bond donors (Lipinski definition) is 0. The maximum absolute atomic E-state index is 13.2. The van der Waals surface area contributed by atoms with Crippen LogP contribution in [0.4, 0.5) is 39.5 Å². The number of carbonyl (C=O) groups excluding carboxylic acids is 1. The van der Waals surface area contributed by atoms with Gasteiger partial charge in [-0.1, -0.05) is 0 Å². The van der Waals surface area contributed by atoms with Crippen LogP contribution in [0.1, 0.15) is 5.56 Å². The molecule has 0 atom stereocenters. The average molecular weight is 365 g/mol. The lowest BCUT2D eigenvalue weighted by Gasteiger charge is -2.32. The third-order valence-corrected chi connectivity index (χ3v) is 2.60. The molecule has 12 heteroatoms. The van der Waals surface area contributed by atoms with E-state index in [1.54, 1.807) is 6.07 Å². The molecule has 0 bridgehead atoms. The van der Waals surface area contributed by atoms with Crippen LogP contribution in [-0.2, 0) is 4.79 Å². The van der Waals surface area contributed by atoms with Crippen LogP contribution >= 0.6 is 0 Å². The fourth-order valence-electron chi connectivity index (χ4n) is 1.27. The molecule has 0 saturated heterocycles. The van der Waals surface area contributed by atoms with Gasteiger partial charge in [0.2, 0.25) is 0 Å². The molecule has 24 heavy (non-hydrogen) atoms. The Morgan fingerprint density at radius 2 is 1.33 bits per heavy atom. The quantitative estimate of drug-likeness (QED) is 0.462. The van der Waals surface area contributed by atoms with Gasteiger partial charge in [0.05, 0.1) is 11.6 Å². The first-order valence-corrected chi connectivity index (χ1v) is 5.61. The summed E-state index contributed by atoms with van der Waals surface area (Å²) in [6, 6.07) is 4.70. The van der Waals surface area contributed by atoms with Crippen LogP contribution in [0.2, 0.25) is 0 Å². The zero-order chi connectivity index (χ0) is 19.0. The number of nitriles is 1. The van der Waals surface area contributed by atoms with Gasteiger partial charge in [-0.15, -0.1) is 0 Å². The Balaban J connectivity index is 3.12. The Bertz CT molecular complexity index is 659. The summed E-state index contributed by atoms with van der Waals surface area (Å²) in [5.74, 6) is -25.0. The van der Waals surface area contributed by atoms with E-state index >= 15 is 0 Å². The molecule has 0 aliphatic rings. The molecule has 1 rings (SSSR count). The molecule has 0 heterocycles. The molecule has 132 valence electrons. The van der Waals surface area contributed by atoms with Gasteiger partial charge in [-0.25, -0.2) is 4.79 Å². The fourth-order valence-corrected chi connectivity index (χ4v) is 1.27. The van der Waals surface area contributed by atoms with Crippen LogP contribution in [-0.4, -0.2) is 29.9 Å². The normalized spacial score (nSPS) is 13.3. The Labute approximate surface area is 127 Å². The third kappa shape index (κ3) is 3.10. The Kier molecular flexibility index (Phi) is 4.80. The van der Waals surface area contributed by atoms with E-state index in [0.717, 1.165) is 12.1 Å². The number of alkyl halides is 9. The van der Waals surface area contributed by atoms with Gasteiger partial charge < -0.3 is 4.74 Å². The molecular weight excluding hydrogens is 361 g/mol. The molecule has 0 aliphatic heterocycles. The maximum Gasteiger partial charge on any atom is 0.460 e. The number of ether oxygens (including phenoxy) is 1. The van der Waals surface area contributed by atoms with E-state index in [4.69, 9.17) is 5.26 Å². The summed E-state index contributed by atoms with van der Waals surface area (Å²) >= 11 is 0. The van der Waals surface area contributed by atoms with Crippen molar-refractivity contribution in [2.75, 3.05) is 0 Å². The van der Waals surface area contributed by atoms with Crippen molar-refractivity contribution in [2.45, 2.75) is 23.9 Å². The molecule has 3 nitrogen and oxygen atoms in total. The van der Waals surface area contributed by atoms with Crippen LogP contribution in [0.15, 0.2) is 24.3 Å². The van der Waals surface area contributed by atoms with E-state index in [9.17, 15) is 44.3 Å². The molecule has 0 aliphatic carbocycles. The highest BCUT2D eigenvalue weighted by molar-refractivity contribution is 5.81. The summed E-state index contributed by atoms with van der Waals surface area (Å²) in [4.78, 5) is 11.0. The van der Waals surface area contributed by atoms with Gasteiger partial charge in [0.15, 0.2) is 0 Å². The first-order chi connectivity index (χ1) is 10.7. The van der Waals surface area contributed by atoms with E-state index in [2.05, 4.69) is 4.74 Å². The summed E-state index contributed by atoms with van der Waals surface area (Å²) in [6.07, 6.45) is -7.03. The predicted octanol–water partition coefficient (Wildman–Crippen LogP) is 3.93. The molecule has 0 spiro atoms. The van der Waals surface area contributed by atoms with Gasteiger partial charge in [-0.05, 0) is 24.3 Å². The molecule has 0 unspecified atom stereocenters. The van der Waals surface area contributed by atoms with Gasteiger partial charge in [0.1, 0.15) is 5.75 Å². The summed E-state index contributed by atoms with van der Waals surface area (Å²) in [7, 11) is 0. The molecule has 0 fully saturated rings. The first kappa shape index (κ1) is 19.6. The van der Waals surface area contributed by atoms with Crippen molar-refractivity contribution in [3.63, 3.8) is 0 Å². The highest BCUT2D eigenvalue weighted by Gasteiger charge is 2.84. The lowest BCUT2D eigenvalue weighted by Crippen LogP contribution is -2.64. The smallest absolute Gasteiger partial charge is 0.422 e. The zero-order valence-corrected chi connectivity index (χ0v) is 11.0. The largest absolute Gasteiger partial charge is 0.460 e. The lowest BCUT2D eigenvalue weighted by molar-refractivity contribution is -0.390. The Morgan fingerprint density at radius 1 is 0.875 bits per heavy atom. The maximum atomic E-state index is 13.2. The van der Waals surface area contributed by atoms with Crippen LogP contribution in [0.5, 0.6) is 5.75 Å². The number of halogens is 9. The van der Waals surface area contributed by atoms with Crippen molar-refractivity contribution in [2.24, 2.45) is 0 Å². The second kappa shape index (κ2) is 5.88. The molecular formula is C12H4F9NO2. The first-order valence-electron chi connectivity index (χ1n) is 5.61. The number of carbonyl (C=O) groups is 1. The SMILES string of the molecule is N#Cc1ccc(OC(=O)C(F)(F)C(F)(F)C(F)(F)C(F)(F)F)cc1. The van der Waals surface area contributed by atoms with Gasteiger partial charge >= 0.3 is 29.9 Å². The van der Waals surface area contributed by atoms with Crippen molar-refractivity contribution >= 4 is 5.97 Å². The van der Waals surface area contributed by atoms with Crippen molar-refractivity contribution in [3.8, 4) is 11.8 Å². The second-order valence-electron chi connectivity index (χ2n) is 4.25. The van der Waals surface area contributed by atoms with Crippen molar-refractivity contribution in [1.82, 2.24) is 0 Å². The summed E-state index contributed by atoms with van der Waals surface area (Å²) in [6.45, 7) is 0. The summed E-state index contributed by atoms with van der Waals surface area (Å²) < 4.78 is 117. The molecule has 0 aromatic heterocycles. The van der Waals surface area contributed by atoms with Gasteiger partial charge in [0.25, 0.3) is 0 Å². The summed E-state index contributed by atoms with van der Waals surface area (Å²) in [5, 5.41) is 8.45. The minimum atomic E-state index is -7.19.